The van der Waals surface area contributed by atoms with Gasteiger partial charge in [0, 0.05) is 17.5 Å². The summed E-state index contributed by atoms with van der Waals surface area (Å²) in [5.74, 6) is 1.95. The first-order valence-electron chi connectivity index (χ1n) is 9.08. The summed E-state index contributed by atoms with van der Waals surface area (Å²) in [5.41, 5.74) is 3.56. The van der Waals surface area contributed by atoms with Gasteiger partial charge in [0.1, 0.15) is 5.82 Å². The number of nitrogens with zero attached hydrogens (tertiary/aromatic N) is 2. The second kappa shape index (κ2) is 7.03. The van der Waals surface area contributed by atoms with Crippen LogP contribution in [0.25, 0.3) is 10.9 Å². The highest BCUT2D eigenvalue weighted by atomic mass is 16.5. The van der Waals surface area contributed by atoms with Crippen LogP contribution < -0.4 is 19.1 Å². The van der Waals surface area contributed by atoms with E-state index in [1.165, 1.54) is 21.3 Å². The molecule has 28 heavy (non-hydrogen) atoms. The molecule has 3 aromatic rings. The van der Waals surface area contributed by atoms with Crippen LogP contribution in [-0.2, 0) is 6.42 Å². The third-order valence-corrected chi connectivity index (χ3v) is 5.12. The molecule has 0 fully saturated rings. The van der Waals surface area contributed by atoms with Gasteiger partial charge in [0.05, 0.1) is 26.8 Å². The van der Waals surface area contributed by atoms with Crippen molar-refractivity contribution in [3.05, 3.63) is 53.1 Å². The maximum Gasteiger partial charge on any atom is 0.259 e. The first-order valence-corrected chi connectivity index (χ1v) is 9.08. The predicted octanol–water partition coefficient (Wildman–Crippen LogP) is 3.77. The van der Waals surface area contributed by atoms with Crippen molar-refractivity contribution >= 4 is 22.6 Å². The van der Waals surface area contributed by atoms with E-state index in [0.29, 0.717) is 29.4 Å². The summed E-state index contributed by atoms with van der Waals surface area (Å²) in [5, 5.41) is 1.10. The van der Waals surface area contributed by atoms with E-state index in [1.807, 2.05) is 19.1 Å². The van der Waals surface area contributed by atoms with Crippen LogP contribution in [-0.4, -0.2) is 38.8 Å². The summed E-state index contributed by atoms with van der Waals surface area (Å²) in [6.45, 7) is 2.62. The highest BCUT2D eigenvalue weighted by molar-refractivity contribution is 6.08. The normalized spacial score (nSPS) is 12.8. The number of hydrogen-bond donors (Lipinski definition) is 0. The van der Waals surface area contributed by atoms with Crippen molar-refractivity contribution in [3.63, 3.8) is 0 Å². The van der Waals surface area contributed by atoms with Crippen molar-refractivity contribution in [2.75, 3.05) is 32.8 Å². The van der Waals surface area contributed by atoms with Crippen molar-refractivity contribution < 1.29 is 19.0 Å². The number of anilines is 1. The minimum atomic E-state index is -0.140. The summed E-state index contributed by atoms with van der Waals surface area (Å²) in [6.07, 6.45) is 0.780. The fraction of sp³-hybridized carbons (Fsp3) is 0.273. The Kier molecular flexibility index (Phi) is 4.55. The zero-order chi connectivity index (χ0) is 19.8. The quantitative estimate of drug-likeness (QED) is 0.692. The molecule has 2 heterocycles. The zero-order valence-corrected chi connectivity index (χ0v) is 16.4. The van der Waals surface area contributed by atoms with Crippen LogP contribution in [0.3, 0.4) is 0 Å². The van der Waals surface area contributed by atoms with Gasteiger partial charge in [-0.2, -0.15) is 0 Å². The highest BCUT2D eigenvalue weighted by Gasteiger charge is 2.29. The summed E-state index contributed by atoms with van der Waals surface area (Å²) in [4.78, 5) is 19.8. The highest BCUT2D eigenvalue weighted by Crippen LogP contribution is 2.39. The molecule has 0 bridgehead atoms. The minimum absolute atomic E-state index is 0.140. The molecular formula is C22H22N2O4. The summed E-state index contributed by atoms with van der Waals surface area (Å²) in [6, 6.07) is 11.6. The number of amides is 1. The van der Waals surface area contributed by atoms with Gasteiger partial charge in [-0.05, 0) is 42.7 Å². The van der Waals surface area contributed by atoms with Crippen LogP contribution in [0.1, 0.15) is 21.5 Å². The molecule has 1 aromatic heterocycles. The second-order valence-electron chi connectivity index (χ2n) is 6.74. The van der Waals surface area contributed by atoms with Crippen LogP contribution in [0.15, 0.2) is 36.4 Å². The average molecular weight is 378 g/mol. The number of ether oxygens (including phenoxy) is 3. The number of fused-ring (bicyclic) bond motifs is 2. The van der Waals surface area contributed by atoms with Gasteiger partial charge >= 0.3 is 0 Å². The smallest absolute Gasteiger partial charge is 0.259 e. The van der Waals surface area contributed by atoms with E-state index in [1.54, 1.807) is 17.0 Å². The fourth-order valence-electron chi connectivity index (χ4n) is 3.69. The maximum absolute atomic E-state index is 13.3. The van der Waals surface area contributed by atoms with Gasteiger partial charge < -0.3 is 14.2 Å². The lowest BCUT2D eigenvalue weighted by Crippen LogP contribution is -2.29. The molecule has 0 saturated carbocycles. The lowest BCUT2D eigenvalue weighted by atomic mass is 10.1. The number of hydrogen-bond acceptors (Lipinski definition) is 5. The van der Waals surface area contributed by atoms with E-state index in [0.717, 1.165) is 34.3 Å². The van der Waals surface area contributed by atoms with E-state index >= 15 is 0 Å². The van der Waals surface area contributed by atoms with E-state index in [9.17, 15) is 4.79 Å². The Morgan fingerprint density at radius 3 is 2.39 bits per heavy atom. The van der Waals surface area contributed by atoms with Crippen LogP contribution in [0.5, 0.6) is 17.2 Å². The fourth-order valence-corrected chi connectivity index (χ4v) is 3.69. The van der Waals surface area contributed by atoms with Crippen LogP contribution in [0.4, 0.5) is 5.82 Å². The molecule has 1 aliphatic heterocycles. The lowest BCUT2D eigenvalue weighted by molar-refractivity contribution is 0.0988. The monoisotopic (exact) mass is 378 g/mol. The largest absolute Gasteiger partial charge is 0.493 e. The SMILES string of the molecule is COc1cc(C(=O)N2CCc3cc4cccc(C)c4nc32)cc(OC)c1OC. The van der Waals surface area contributed by atoms with E-state index < -0.39 is 0 Å². The number of para-hydroxylation sites is 1. The Balaban J connectivity index is 1.78. The van der Waals surface area contributed by atoms with Gasteiger partial charge in [0.25, 0.3) is 5.91 Å². The summed E-state index contributed by atoms with van der Waals surface area (Å²) in [7, 11) is 4.61. The number of methoxy groups -OCH3 is 3. The third-order valence-electron chi connectivity index (χ3n) is 5.12. The van der Waals surface area contributed by atoms with Crippen LogP contribution in [0.2, 0.25) is 0 Å². The zero-order valence-electron chi connectivity index (χ0n) is 16.4. The molecule has 0 aliphatic carbocycles. The second-order valence-corrected chi connectivity index (χ2v) is 6.74. The Morgan fingerprint density at radius 2 is 1.75 bits per heavy atom. The van der Waals surface area contributed by atoms with Gasteiger partial charge in [-0.15, -0.1) is 0 Å². The van der Waals surface area contributed by atoms with E-state index in [4.69, 9.17) is 19.2 Å². The first kappa shape index (κ1) is 18.1. The standard InChI is InChI=1S/C22H22N2O4/c1-13-6-5-7-14-10-15-8-9-24(21(15)23-19(13)14)22(25)16-11-17(26-2)20(28-4)18(12-16)27-3/h5-7,10-12H,8-9H2,1-4H3. The number of pyridine rings is 1. The maximum atomic E-state index is 13.3. The Bertz CT molecular complexity index is 1050. The number of aromatic nitrogens is 1. The van der Waals surface area contributed by atoms with Gasteiger partial charge in [-0.1, -0.05) is 18.2 Å². The molecule has 0 atom stereocenters. The van der Waals surface area contributed by atoms with Gasteiger partial charge in [-0.25, -0.2) is 4.98 Å². The van der Waals surface area contributed by atoms with Gasteiger partial charge in [0.15, 0.2) is 11.5 Å². The number of rotatable bonds is 4. The molecule has 1 amide bonds. The van der Waals surface area contributed by atoms with Crippen LogP contribution >= 0.6 is 0 Å². The molecule has 2 aromatic carbocycles. The van der Waals surface area contributed by atoms with Crippen molar-refractivity contribution in [1.29, 1.82) is 0 Å². The topological polar surface area (TPSA) is 60.9 Å². The molecule has 144 valence electrons. The first-order chi connectivity index (χ1) is 13.6. The Labute approximate surface area is 163 Å². The van der Waals surface area contributed by atoms with Crippen molar-refractivity contribution in [2.45, 2.75) is 13.3 Å². The number of benzene rings is 2. The van der Waals surface area contributed by atoms with Gasteiger partial charge in [0.2, 0.25) is 5.75 Å². The van der Waals surface area contributed by atoms with Crippen molar-refractivity contribution in [1.82, 2.24) is 4.98 Å². The molecule has 0 spiro atoms. The average Bonchev–Trinajstić information content (AvgIpc) is 3.13. The number of aryl methyl sites for hydroxylation is 1. The van der Waals surface area contributed by atoms with Crippen molar-refractivity contribution in [2.24, 2.45) is 0 Å². The Morgan fingerprint density at radius 1 is 1.04 bits per heavy atom. The number of carbonyl (C=O) groups excluding carboxylic acids is 1. The molecule has 0 radical (unpaired) electrons. The lowest BCUT2D eigenvalue weighted by Gasteiger charge is -2.19. The Hall–Kier alpha value is -3.28. The van der Waals surface area contributed by atoms with Gasteiger partial charge in [-0.3, -0.25) is 9.69 Å². The minimum Gasteiger partial charge on any atom is -0.493 e. The molecule has 0 unspecified atom stereocenters. The molecular weight excluding hydrogens is 356 g/mol. The van der Waals surface area contributed by atoms with E-state index in [-0.39, 0.29) is 5.91 Å². The third kappa shape index (κ3) is 2.81. The molecule has 1 aliphatic rings. The van der Waals surface area contributed by atoms with E-state index in [2.05, 4.69) is 12.1 Å². The summed E-state index contributed by atoms with van der Waals surface area (Å²) >= 11 is 0. The van der Waals surface area contributed by atoms with Crippen molar-refractivity contribution in [3.8, 4) is 17.2 Å². The van der Waals surface area contributed by atoms with Crippen LogP contribution in [0, 0.1) is 6.92 Å². The molecule has 0 saturated heterocycles. The molecule has 4 rings (SSSR count). The molecule has 0 N–H and O–H groups in total. The number of carbonyl (C=O) groups is 1. The molecule has 6 heteroatoms. The molecule has 6 nitrogen and oxygen atoms in total. The summed E-state index contributed by atoms with van der Waals surface area (Å²) < 4.78 is 16.1. The predicted molar refractivity (Wildman–Crippen MR) is 108 cm³/mol.